The van der Waals surface area contributed by atoms with Crippen molar-refractivity contribution in [3.8, 4) is 22.5 Å². The Morgan fingerprint density at radius 2 is 1.69 bits per heavy atom. The number of anilines is 1. The van der Waals surface area contributed by atoms with Gasteiger partial charge in [0.2, 0.25) is 0 Å². The molecular formula is C42H50N5O18P3S2. The minimum atomic E-state index is -5.83. The Kier molecular flexibility index (Phi) is 16.9. The summed E-state index contributed by atoms with van der Waals surface area (Å²) in [6.45, 7) is 13.2. The maximum Gasteiger partial charge on any atom is 0.490 e. The molecule has 0 fully saturated rings. The van der Waals surface area contributed by atoms with Crippen molar-refractivity contribution < 1.29 is 75.0 Å². The number of hydrogen-bond acceptors (Lipinski definition) is 17. The maximum absolute atomic E-state index is 13.7. The van der Waals surface area contributed by atoms with Crippen LogP contribution in [0.25, 0.3) is 33.4 Å². The number of aromatic amines is 1. The van der Waals surface area contributed by atoms with Crippen molar-refractivity contribution in [1.82, 2.24) is 14.9 Å². The second-order valence-corrected chi connectivity index (χ2v) is 23.6. The highest BCUT2D eigenvalue weighted by Gasteiger charge is 2.42. The van der Waals surface area contributed by atoms with E-state index < -0.39 is 64.2 Å². The molecular weight excluding hydrogens is 1020 g/mol. The summed E-state index contributed by atoms with van der Waals surface area (Å²) in [5, 5.41) is 18.2. The molecule has 1 aromatic heterocycles. The smallest absolute Gasteiger partial charge is 0.483 e. The molecule has 28 heteroatoms. The van der Waals surface area contributed by atoms with Gasteiger partial charge in [0.25, 0.3) is 11.5 Å². The van der Waals surface area contributed by atoms with Crippen LogP contribution in [0.3, 0.4) is 0 Å². The fourth-order valence-electron chi connectivity index (χ4n) is 7.18. The summed E-state index contributed by atoms with van der Waals surface area (Å²) in [5.74, 6) is -1.73. The first-order chi connectivity index (χ1) is 32.7. The molecule has 1 aliphatic carbocycles. The molecule has 3 atom stereocenters. The zero-order valence-electron chi connectivity index (χ0n) is 38.5. The largest absolute Gasteiger partial charge is 0.490 e. The molecule has 0 saturated heterocycles. The van der Waals surface area contributed by atoms with Crippen molar-refractivity contribution in [2.45, 2.75) is 65.9 Å². The van der Waals surface area contributed by atoms with E-state index in [1.54, 1.807) is 12.1 Å². The van der Waals surface area contributed by atoms with Crippen LogP contribution in [0.4, 0.5) is 5.69 Å². The molecule has 2 aliphatic heterocycles. The quantitative estimate of drug-likeness (QED) is 0.0120. The van der Waals surface area contributed by atoms with Gasteiger partial charge in [-0.15, -0.1) is 0 Å². The Hall–Kier alpha value is -5.00. The fraction of sp³-hybridized carbons (Fsp3) is 0.357. The number of carboxylic acid groups (broad SMARTS) is 1. The van der Waals surface area contributed by atoms with Crippen molar-refractivity contribution in [1.29, 1.82) is 0 Å². The molecule has 0 radical (unpaired) electrons. The molecule has 1 amide bonds. The van der Waals surface area contributed by atoms with Crippen molar-refractivity contribution in [3.05, 3.63) is 114 Å². The fourth-order valence-corrected chi connectivity index (χ4v) is 12.3. The number of hydrogen-bond donors (Lipinski definition) is 8. The molecule has 70 heavy (non-hydrogen) atoms. The summed E-state index contributed by atoms with van der Waals surface area (Å²) in [6, 6.07) is 12.1. The normalized spacial score (nSPS) is 16.3. The number of aromatic carboxylic acids is 1. The van der Waals surface area contributed by atoms with Gasteiger partial charge in [0, 0.05) is 76.0 Å². The number of phosphoric acid groups is 3. The summed E-state index contributed by atoms with van der Waals surface area (Å²) in [6.07, 6.45) is -0.168. The van der Waals surface area contributed by atoms with Crippen molar-refractivity contribution in [2.24, 2.45) is 4.99 Å². The summed E-state index contributed by atoms with van der Waals surface area (Å²) in [5.41, 5.74) is 3.46. The van der Waals surface area contributed by atoms with Crippen molar-refractivity contribution >= 4 is 73.6 Å². The first-order valence-corrected chi connectivity index (χ1v) is 27.9. The number of amides is 1. The molecule has 0 spiro atoms. The van der Waals surface area contributed by atoms with Crippen LogP contribution in [0, 0.1) is 20.8 Å². The predicted octanol–water partition coefficient (Wildman–Crippen LogP) is 7.07. The van der Waals surface area contributed by atoms with Gasteiger partial charge < -0.3 is 49.2 Å². The first kappa shape index (κ1) is 54.3. The Morgan fingerprint density at radius 3 is 2.36 bits per heavy atom. The number of carboxylic acids is 1. The molecule has 0 bridgehead atoms. The number of fused-ring (bicyclic) bond motifs is 2. The number of carbonyl (C=O) groups excluding carboxylic acids is 1. The number of nitrogens with zero attached hydrogens (tertiary/aromatic N) is 2. The molecule has 3 aromatic rings. The number of rotatable bonds is 21. The zero-order chi connectivity index (χ0) is 51.5. The third-order valence-corrected chi connectivity index (χ3v) is 17.0. The Bertz CT molecular complexity index is 3200. The number of nitrogens with one attached hydrogen (secondary N) is 3. The van der Waals surface area contributed by atoms with E-state index in [0.717, 1.165) is 26.7 Å². The highest BCUT2D eigenvalue weighted by molar-refractivity contribution is 8.77. The summed E-state index contributed by atoms with van der Waals surface area (Å²) in [7, 11) is -14.6. The van der Waals surface area contributed by atoms with Crippen LogP contribution < -0.4 is 27.2 Å². The number of H-pyrrole nitrogens is 1. The van der Waals surface area contributed by atoms with E-state index >= 15 is 0 Å². The monoisotopic (exact) mass is 1070 g/mol. The van der Waals surface area contributed by atoms with Gasteiger partial charge in [0.05, 0.1) is 17.3 Å². The lowest BCUT2D eigenvalue weighted by molar-refractivity contribution is 0.0569. The van der Waals surface area contributed by atoms with Crippen molar-refractivity contribution in [3.63, 3.8) is 0 Å². The van der Waals surface area contributed by atoms with E-state index in [2.05, 4.69) is 29.2 Å². The van der Waals surface area contributed by atoms with Gasteiger partial charge in [-0.1, -0.05) is 27.7 Å². The molecule has 6 rings (SSSR count). The molecule has 23 nitrogen and oxygen atoms in total. The van der Waals surface area contributed by atoms with Gasteiger partial charge in [-0.25, -0.2) is 23.3 Å². The highest BCUT2D eigenvalue weighted by atomic mass is 33.1. The maximum atomic E-state index is 13.7. The number of phosphoric ester groups is 1. The van der Waals surface area contributed by atoms with Crippen LogP contribution in [0.1, 0.15) is 77.8 Å². The van der Waals surface area contributed by atoms with Crippen LogP contribution >= 0.6 is 45.1 Å². The lowest BCUT2D eigenvalue weighted by atomic mass is 9.88. The van der Waals surface area contributed by atoms with E-state index in [4.69, 9.17) is 28.2 Å². The highest BCUT2D eigenvalue weighted by Crippen LogP contribution is 2.66. The topological polar surface area (TPSA) is 337 Å². The van der Waals surface area contributed by atoms with Gasteiger partial charge in [0.15, 0.2) is 12.0 Å². The Balaban J connectivity index is 1.17. The van der Waals surface area contributed by atoms with Crippen LogP contribution in [0.15, 0.2) is 79.2 Å². The molecule has 3 aliphatic rings. The third kappa shape index (κ3) is 13.5. The summed E-state index contributed by atoms with van der Waals surface area (Å²) < 4.78 is 66.1. The summed E-state index contributed by atoms with van der Waals surface area (Å²) in [4.78, 5) is 95.3. The molecule has 8 N–H and O–H groups in total. The van der Waals surface area contributed by atoms with Gasteiger partial charge in [-0.3, -0.25) is 28.7 Å². The van der Waals surface area contributed by atoms with Gasteiger partial charge >= 0.3 is 35.1 Å². The lowest BCUT2D eigenvalue weighted by Gasteiger charge is -2.24. The molecule has 2 aromatic carbocycles. The van der Waals surface area contributed by atoms with E-state index in [9.17, 15) is 47.8 Å². The first-order valence-electron chi connectivity index (χ1n) is 21.0. The number of carbonyl (C=O) groups is 2. The molecule has 378 valence electrons. The van der Waals surface area contributed by atoms with Crippen LogP contribution in [-0.2, 0) is 36.3 Å². The van der Waals surface area contributed by atoms with E-state index in [1.165, 1.54) is 40.8 Å². The van der Waals surface area contributed by atoms with E-state index in [1.807, 2.05) is 65.8 Å². The van der Waals surface area contributed by atoms with Crippen LogP contribution in [0.2, 0.25) is 0 Å². The number of aryl methyl sites for hydroxylation is 3. The van der Waals surface area contributed by atoms with Gasteiger partial charge in [0.1, 0.15) is 29.6 Å². The molecule has 3 heterocycles. The molecule has 0 saturated carbocycles. The minimum Gasteiger partial charge on any atom is -0.483 e. The van der Waals surface area contributed by atoms with Crippen LogP contribution in [0.5, 0.6) is 0 Å². The zero-order valence-corrected chi connectivity index (χ0v) is 42.9. The third-order valence-electron chi connectivity index (χ3n) is 10.3. The average molecular weight is 1070 g/mol. The standard InChI is InChI=1S/C42H50N5O18P3S2/c1-8-43-30-15-32-28(12-22(30)3)37(29-13-23(4)31(44-9-2)16-33(29)62-32)26-11-10-25(14-27(26)40(50)51)39(49)45-20-42(6,7)70-69-21-60-34-17-36(47-18-24(5)38(48)46-41(47)52)63-35(34)19-61-67(56,57)65-68(58,59)64-66(53,54)55/h10-16,18,36,43H,8-9,17,19-21H2,1-7H3,(H,45,49)(H,50,51)(H,56,57)(H,58,59)(H,46,48,52)(H2,53,54,55)/t36-/m1/s1. The van der Waals surface area contributed by atoms with Crippen molar-refractivity contribution in [2.75, 3.05) is 37.5 Å². The molecule has 2 unspecified atom stereocenters. The van der Waals surface area contributed by atoms with E-state index in [-0.39, 0.29) is 47.1 Å². The number of aromatic nitrogens is 2. The van der Waals surface area contributed by atoms with Gasteiger partial charge in [-0.2, -0.15) is 8.62 Å². The summed E-state index contributed by atoms with van der Waals surface area (Å²) >= 11 is 0. The van der Waals surface area contributed by atoms with Crippen LogP contribution in [-0.4, -0.2) is 83.0 Å². The van der Waals surface area contributed by atoms with E-state index in [0.29, 0.717) is 46.5 Å². The number of ether oxygens (including phenoxy) is 2. The minimum absolute atomic E-state index is 0.0255. The predicted molar refractivity (Wildman–Crippen MR) is 260 cm³/mol. The Labute approximate surface area is 406 Å². The average Bonchev–Trinajstić information content (AvgIpc) is 3.66. The van der Waals surface area contributed by atoms with Gasteiger partial charge in [-0.05, 0) is 89.4 Å². The lowest BCUT2D eigenvalue weighted by Crippen LogP contribution is -2.36. The second kappa shape index (κ2) is 21.8. The second-order valence-electron chi connectivity index (χ2n) is 16.2. The Morgan fingerprint density at radius 1 is 0.957 bits per heavy atom. The number of benzene rings is 3. The SMILES string of the molecule is CCN=c1cc2oc3cc(NCC)c(C)cc3c(-c3ccc(C(=O)NCC(C)(C)SSCOC4=C(COP(=O)(O)OP(=O)(O)OP(=O)(O)O)O[C@@H](n5cc(C)c(=O)[nH]c5=O)C4)cc3C(=O)O)c-2cc1C.